The summed E-state index contributed by atoms with van der Waals surface area (Å²) in [6.45, 7) is 0. The fraction of sp³-hybridized carbons (Fsp3) is 0.345. The molecule has 0 aliphatic rings. The molecule has 36 heavy (non-hydrogen) atoms. The van der Waals surface area contributed by atoms with Crippen LogP contribution < -0.4 is 23.7 Å². The van der Waals surface area contributed by atoms with Crippen LogP contribution in [0.3, 0.4) is 0 Å². The number of ether oxygens (including phenoxy) is 6. The molecule has 0 unspecified atom stereocenters. The molecule has 0 heterocycles. The Balaban J connectivity index is 1.75. The summed E-state index contributed by atoms with van der Waals surface area (Å²) in [5.41, 5.74) is 4.93. The third kappa shape index (κ3) is 6.42. The zero-order valence-electron chi connectivity index (χ0n) is 21.8. The van der Waals surface area contributed by atoms with Crippen LogP contribution in [0.4, 0.5) is 0 Å². The van der Waals surface area contributed by atoms with Crippen molar-refractivity contribution in [2.75, 3.05) is 42.7 Å². The Morgan fingerprint density at radius 2 is 1.06 bits per heavy atom. The number of methoxy groups -OCH3 is 6. The first-order chi connectivity index (χ1) is 17.5. The number of carbonyl (C=O) groups is 1. The fourth-order valence-corrected chi connectivity index (χ4v) is 4.16. The number of hydrogen-bond acceptors (Lipinski definition) is 7. The molecule has 0 aliphatic heterocycles. The maximum Gasteiger partial charge on any atom is 0.341 e. The number of esters is 1. The van der Waals surface area contributed by atoms with Crippen LogP contribution in [-0.4, -0.2) is 48.6 Å². The Morgan fingerprint density at radius 1 is 0.556 bits per heavy atom. The summed E-state index contributed by atoms with van der Waals surface area (Å²) in [5, 5.41) is 0. The average molecular weight is 495 g/mol. The lowest BCUT2D eigenvalue weighted by Crippen LogP contribution is -2.05. The summed E-state index contributed by atoms with van der Waals surface area (Å²) >= 11 is 0. The van der Waals surface area contributed by atoms with E-state index in [1.807, 2.05) is 24.3 Å². The van der Waals surface area contributed by atoms with E-state index in [1.54, 1.807) is 41.6 Å². The normalized spacial score (nSPS) is 10.5. The van der Waals surface area contributed by atoms with Crippen molar-refractivity contribution in [2.24, 2.45) is 0 Å². The Kier molecular flexibility index (Phi) is 9.45. The Morgan fingerprint density at radius 3 is 1.53 bits per heavy atom. The van der Waals surface area contributed by atoms with Gasteiger partial charge in [0, 0.05) is 0 Å². The van der Waals surface area contributed by atoms with E-state index < -0.39 is 5.97 Å². The average Bonchev–Trinajstić information content (AvgIpc) is 2.93. The van der Waals surface area contributed by atoms with Gasteiger partial charge in [-0.05, 0) is 84.3 Å². The largest absolute Gasteiger partial charge is 0.497 e. The number of aryl methyl sites for hydroxylation is 4. The first-order valence-corrected chi connectivity index (χ1v) is 11.7. The molecular formula is C29H34O7. The van der Waals surface area contributed by atoms with E-state index in [0.717, 1.165) is 42.6 Å². The molecule has 0 N–H and O–H groups in total. The third-order valence-corrected chi connectivity index (χ3v) is 6.06. The first-order valence-electron chi connectivity index (χ1n) is 11.7. The molecule has 7 nitrogen and oxygen atoms in total. The number of hydrogen-bond donors (Lipinski definition) is 0. The van der Waals surface area contributed by atoms with Crippen molar-refractivity contribution in [3.8, 4) is 28.7 Å². The van der Waals surface area contributed by atoms with E-state index >= 15 is 0 Å². The molecule has 3 aromatic carbocycles. The van der Waals surface area contributed by atoms with Crippen LogP contribution in [0.2, 0.25) is 0 Å². The van der Waals surface area contributed by atoms with Crippen molar-refractivity contribution in [1.82, 2.24) is 0 Å². The van der Waals surface area contributed by atoms with Crippen molar-refractivity contribution in [1.29, 1.82) is 0 Å². The van der Waals surface area contributed by atoms with Crippen molar-refractivity contribution < 1.29 is 33.2 Å². The third-order valence-electron chi connectivity index (χ3n) is 6.06. The standard InChI is InChI=1S/C29H34O7/c1-31-23-14-20(8-7-19-11-12-24(29(30)36-6)25(16-19)32-2)13-21(15-23)9-10-22-17-26(33-3)28(35-5)27(18-22)34-4/h11-18H,7-10H2,1-6H3. The van der Waals surface area contributed by atoms with Crippen molar-refractivity contribution in [2.45, 2.75) is 25.7 Å². The van der Waals surface area contributed by atoms with Crippen molar-refractivity contribution >= 4 is 5.97 Å². The van der Waals surface area contributed by atoms with E-state index in [9.17, 15) is 4.79 Å². The van der Waals surface area contributed by atoms with E-state index in [4.69, 9.17) is 28.4 Å². The maximum atomic E-state index is 11.9. The number of rotatable bonds is 12. The van der Waals surface area contributed by atoms with Gasteiger partial charge < -0.3 is 28.4 Å². The smallest absolute Gasteiger partial charge is 0.341 e. The topological polar surface area (TPSA) is 72.5 Å². The molecule has 7 heteroatoms. The van der Waals surface area contributed by atoms with E-state index in [0.29, 0.717) is 28.6 Å². The Bertz CT molecular complexity index is 1160. The predicted molar refractivity (Wildman–Crippen MR) is 138 cm³/mol. The van der Waals surface area contributed by atoms with Gasteiger partial charge >= 0.3 is 5.97 Å². The van der Waals surface area contributed by atoms with Crippen LogP contribution in [0, 0.1) is 0 Å². The molecule has 0 saturated carbocycles. The summed E-state index contributed by atoms with van der Waals surface area (Å²) < 4.78 is 32.2. The summed E-state index contributed by atoms with van der Waals surface area (Å²) in [5.74, 6) is 2.80. The highest BCUT2D eigenvalue weighted by Gasteiger charge is 2.15. The minimum atomic E-state index is -0.414. The highest BCUT2D eigenvalue weighted by molar-refractivity contribution is 5.92. The second-order valence-electron chi connectivity index (χ2n) is 8.25. The van der Waals surface area contributed by atoms with E-state index in [1.165, 1.54) is 18.2 Å². The van der Waals surface area contributed by atoms with Gasteiger partial charge in [-0.1, -0.05) is 12.1 Å². The zero-order valence-corrected chi connectivity index (χ0v) is 21.8. The van der Waals surface area contributed by atoms with Crippen LogP contribution in [0.25, 0.3) is 0 Å². The molecule has 0 aliphatic carbocycles. The van der Waals surface area contributed by atoms with E-state index in [2.05, 4.69) is 18.2 Å². The monoisotopic (exact) mass is 494 g/mol. The maximum absolute atomic E-state index is 11.9. The Labute approximate surface area is 212 Å². The Hall–Kier alpha value is -3.87. The SMILES string of the molecule is COC(=O)c1ccc(CCc2cc(CCc3cc(OC)c(OC)c(OC)c3)cc(OC)c2)cc1OC. The highest BCUT2D eigenvalue weighted by atomic mass is 16.5. The van der Waals surface area contributed by atoms with Gasteiger partial charge in [0.15, 0.2) is 11.5 Å². The van der Waals surface area contributed by atoms with Gasteiger partial charge in [-0.2, -0.15) is 0 Å². The van der Waals surface area contributed by atoms with Crippen molar-refractivity contribution in [3.63, 3.8) is 0 Å². The highest BCUT2D eigenvalue weighted by Crippen LogP contribution is 2.38. The molecule has 0 saturated heterocycles. The molecule has 3 aromatic rings. The second kappa shape index (κ2) is 12.7. The van der Waals surface area contributed by atoms with Gasteiger partial charge in [-0.15, -0.1) is 0 Å². The van der Waals surface area contributed by atoms with Crippen LogP contribution in [-0.2, 0) is 30.4 Å². The predicted octanol–water partition coefficient (Wildman–Crippen LogP) is 5.09. The molecule has 0 fully saturated rings. The van der Waals surface area contributed by atoms with Gasteiger partial charge in [0.2, 0.25) is 5.75 Å². The fourth-order valence-electron chi connectivity index (χ4n) is 4.16. The van der Waals surface area contributed by atoms with Crippen LogP contribution in [0.1, 0.15) is 32.6 Å². The molecular weight excluding hydrogens is 460 g/mol. The van der Waals surface area contributed by atoms with Gasteiger partial charge in [0.25, 0.3) is 0 Å². The molecule has 0 spiro atoms. The summed E-state index contributed by atoms with van der Waals surface area (Å²) in [6, 6.07) is 15.9. The van der Waals surface area contributed by atoms with Crippen molar-refractivity contribution in [3.05, 3.63) is 76.3 Å². The number of benzene rings is 3. The molecule has 0 amide bonds. The molecule has 3 rings (SSSR count). The van der Waals surface area contributed by atoms with Gasteiger partial charge in [0.05, 0.1) is 42.7 Å². The van der Waals surface area contributed by atoms with Crippen LogP contribution in [0.5, 0.6) is 28.7 Å². The first kappa shape index (κ1) is 26.7. The van der Waals surface area contributed by atoms with E-state index in [-0.39, 0.29) is 0 Å². The lowest BCUT2D eigenvalue weighted by atomic mass is 9.98. The molecule has 0 atom stereocenters. The van der Waals surface area contributed by atoms with Crippen LogP contribution in [0.15, 0.2) is 48.5 Å². The summed E-state index contributed by atoms with van der Waals surface area (Å²) in [6.07, 6.45) is 3.23. The van der Waals surface area contributed by atoms with Crippen LogP contribution >= 0.6 is 0 Å². The van der Waals surface area contributed by atoms with Gasteiger partial charge in [-0.3, -0.25) is 0 Å². The summed E-state index contributed by atoms with van der Waals surface area (Å²) in [7, 11) is 9.42. The lowest BCUT2D eigenvalue weighted by Gasteiger charge is -2.14. The summed E-state index contributed by atoms with van der Waals surface area (Å²) in [4.78, 5) is 11.9. The second-order valence-corrected chi connectivity index (χ2v) is 8.25. The molecule has 0 radical (unpaired) electrons. The van der Waals surface area contributed by atoms with Gasteiger partial charge in [0.1, 0.15) is 17.1 Å². The van der Waals surface area contributed by atoms with Gasteiger partial charge in [-0.25, -0.2) is 4.79 Å². The number of carbonyl (C=O) groups excluding carboxylic acids is 1. The minimum absolute atomic E-state index is 0.414. The molecule has 0 aromatic heterocycles. The zero-order chi connectivity index (χ0) is 26.1. The minimum Gasteiger partial charge on any atom is -0.497 e. The molecule has 0 bridgehead atoms. The molecule has 192 valence electrons. The quantitative estimate of drug-likeness (QED) is 0.325. The lowest BCUT2D eigenvalue weighted by molar-refractivity contribution is 0.0597.